The second-order valence-corrected chi connectivity index (χ2v) is 6.23. The number of nitrogens with zero attached hydrogens (tertiary/aromatic N) is 2. The molecule has 0 aromatic heterocycles. The molecular weight excluding hydrogens is 236 g/mol. The molecule has 0 bridgehead atoms. The number of aromatic hydroxyl groups is 1. The fourth-order valence-electron chi connectivity index (χ4n) is 3.96. The zero-order valence-electron chi connectivity index (χ0n) is 11.9. The lowest BCUT2D eigenvalue weighted by molar-refractivity contribution is 0.0119. The Bertz CT molecular complexity index is 448. The van der Waals surface area contributed by atoms with Gasteiger partial charge in [0.15, 0.2) is 0 Å². The molecule has 0 amide bonds. The topological polar surface area (TPSA) is 26.7 Å². The second kappa shape index (κ2) is 5.14. The van der Waals surface area contributed by atoms with Crippen LogP contribution < -0.4 is 0 Å². The molecule has 3 nitrogen and oxygen atoms in total. The van der Waals surface area contributed by atoms with Gasteiger partial charge in [-0.1, -0.05) is 12.1 Å². The van der Waals surface area contributed by atoms with Gasteiger partial charge in [0.05, 0.1) is 0 Å². The van der Waals surface area contributed by atoms with Crippen LogP contribution in [0, 0.1) is 5.92 Å². The molecule has 1 aromatic rings. The maximum atomic E-state index is 9.67. The van der Waals surface area contributed by atoms with Crippen molar-refractivity contribution in [2.45, 2.75) is 31.3 Å². The van der Waals surface area contributed by atoms with Crippen molar-refractivity contribution in [1.82, 2.24) is 9.80 Å². The minimum atomic E-state index is 0.386. The molecule has 3 unspecified atom stereocenters. The van der Waals surface area contributed by atoms with Crippen LogP contribution in [0.2, 0.25) is 0 Å². The lowest BCUT2D eigenvalue weighted by atomic mass is 9.80. The van der Waals surface area contributed by atoms with E-state index in [1.54, 1.807) is 6.07 Å². The van der Waals surface area contributed by atoms with Crippen LogP contribution in [0.1, 0.15) is 30.9 Å². The van der Waals surface area contributed by atoms with E-state index >= 15 is 0 Å². The van der Waals surface area contributed by atoms with E-state index in [1.807, 2.05) is 12.1 Å². The van der Waals surface area contributed by atoms with Crippen LogP contribution in [-0.2, 0) is 0 Å². The number of likely N-dealkylation sites (tertiary alicyclic amines) is 2. The summed E-state index contributed by atoms with van der Waals surface area (Å²) in [5, 5.41) is 9.67. The smallest absolute Gasteiger partial charge is 0.115 e. The number of piperidine rings is 2. The van der Waals surface area contributed by atoms with Crippen molar-refractivity contribution in [1.29, 1.82) is 0 Å². The van der Waals surface area contributed by atoms with Crippen molar-refractivity contribution < 1.29 is 5.11 Å². The molecule has 2 aliphatic heterocycles. The van der Waals surface area contributed by atoms with Crippen LogP contribution in [0.5, 0.6) is 5.75 Å². The summed E-state index contributed by atoms with van der Waals surface area (Å²) in [6, 6.07) is 8.96. The van der Waals surface area contributed by atoms with Crippen molar-refractivity contribution in [3.05, 3.63) is 29.8 Å². The van der Waals surface area contributed by atoms with Crippen molar-refractivity contribution >= 4 is 0 Å². The summed E-state index contributed by atoms with van der Waals surface area (Å²) in [6.07, 6.45) is 3.78. The Morgan fingerprint density at radius 3 is 2.79 bits per heavy atom. The summed E-state index contributed by atoms with van der Waals surface area (Å²) >= 11 is 0. The highest BCUT2D eigenvalue weighted by atomic mass is 16.3. The molecule has 2 aliphatic rings. The van der Waals surface area contributed by atoms with Gasteiger partial charge in [-0.05, 0) is 63.5 Å². The van der Waals surface area contributed by atoms with Gasteiger partial charge in [0.1, 0.15) is 5.75 Å². The van der Waals surface area contributed by atoms with Crippen LogP contribution in [-0.4, -0.2) is 48.1 Å². The first kappa shape index (κ1) is 12.9. The Hall–Kier alpha value is -1.06. The van der Waals surface area contributed by atoms with Gasteiger partial charge in [-0.15, -0.1) is 0 Å². The molecule has 3 heteroatoms. The van der Waals surface area contributed by atoms with Gasteiger partial charge < -0.3 is 10.0 Å². The number of hydrogen-bond donors (Lipinski definition) is 1. The molecule has 0 aliphatic carbocycles. The van der Waals surface area contributed by atoms with E-state index in [0.29, 0.717) is 17.8 Å². The Kier molecular flexibility index (Phi) is 3.50. The fraction of sp³-hybridized carbons (Fsp3) is 0.625. The third-order valence-corrected chi connectivity index (χ3v) is 4.98. The molecule has 2 saturated heterocycles. The van der Waals surface area contributed by atoms with Crippen LogP contribution >= 0.6 is 0 Å². The number of benzene rings is 1. The van der Waals surface area contributed by atoms with Crippen molar-refractivity contribution in [3.63, 3.8) is 0 Å². The van der Waals surface area contributed by atoms with E-state index in [-0.39, 0.29) is 0 Å². The second-order valence-electron chi connectivity index (χ2n) is 6.23. The normalized spacial score (nSPS) is 33.1. The van der Waals surface area contributed by atoms with Gasteiger partial charge in [0.2, 0.25) is 0 Å². The summed E-state index contributed by atoms with van der Waals surface area (Å²) in [5.74, 6) is 1.20. The molecule has 3 rings (SSSR count). The van der Waals surface area contributed by atoms with E-state index in [2.05, 4.69) is 30.0 Å². The average Bonchev–Trinajstić information content (AvgIpc) is 2.39. The van der Waals surface area contributed by atoms with E-state index in [0.717, 1.165) is 5.92 Å². The lowest BCUT2D eigenvalue weighted by Crippen LogP contribution is -2.52. The Balaban J connectivity index is 1.79. The summed E-state index contributed by atoms with van der Waals surface area (Å²) in [7, 11) is 4.49. The lowest BCUT2D eigenvalue weighted by Gasteiger charge is -2.49. The summed E-state index contributed by atoms with van der Waals surface area (Å²) in [5.41, 5.74) is 1.26. The number of fused-ring (bicyclic) bond motifs is 1. The highest BCUT2D eigenvalue weighted by molar-refractivity contribution is 5.30. The molecule has 0 spiro atoms. The van der Waals surface area contributed by atoms with Crippen LogP contribution in [0.3, 0.4) is 0 Å². The summed E-state index contributed by atoms with van der Waals surface area (Å²) in [6.45, 7) is 2.44. The van der Waals surface area contributed by atoms with Crippen LogP contribution in [0.15, 0.2) is 24.3 Å². The molecule has 1 N–H and O–H groups in total. The highest BCUT2D eigenvalue weighted by Crippen LogP contribution is 2.39. The van der Waals surface area contributed by atoms with Gasteiger partial charge >= 0.3 is 0 Å². The largest absolute Gasteiger partial charge is 0.508 e. The first-order valence-electron chi connectivity index (χ1n) is 7.34. The molecule has 2 fully saturated rings. The maximum absolute atomic E-state index is 9.67. The number of phenols is 1. The monoisotopic (exact) mass is 260 g/mol. The van der Waals surface area contributed by atoms with Crippen molar-refractivity contribution in [2.24, 2.45) is 5.92 Å². The molecule has 19 heavy (non-hydrogen) atoms. The predicted octanol–water partition coefficient (Wildman–Crippen LogP) is 2.48. The highest BCUT2D eigenvalue weighted by Gasteiger charge is 2.38. The van der Waals surface area contributed by atoms with Gasteiger partial charge in [-0.3, -0.25) is 4.90 Å². The maximum Gasteiger partial charge on any atom is 0.115 e. The standard InChI is InChI=1S/C16H24N2O/c1-17-9-8-16-13(11-17)6-7-15(18(16)2)12-4-3-5-14(19)10-12/h3-5,10,13,15-16,19H,6-9,11H2,1-2H3. The first-order chi connectivity index (χ1) is 9.15. The minimum absolute atomic E-state index is 0.386. The number of phenolic OH excluding ortho intramolecular Hbond substituents is 1. The summed E-state index contributed by atoms with van der Waals surface area (Å²) in [4.78, 5) is 5.01. The average molecular weight is 260 g/mol. The van der Waals surface area contributed by atoms with Gasteiger partial charge in [0.25, 0.3) is 0 Å². The molecule has 0 radical (unpaired) electrons. The third kappa shape index (κ3) is 2.49. The van der Waals surface area contributed by atoms with E-state index in [9.17, 15) is 5.11 Å². The SMILES string of the molecule is CN1CCC2C(CCC(c3cccc(O)c3)N2C)C1. The number of rotatable bonds is 1. The molecule has 104 valence electrons. The fourth-order valence-corrected chi connectivity index (χ4v) is 3.96. The van der Waals surface area contributed by atoms with Crippen molar-refractivity contribution in [2.75, 3.05) is 27.2 Å². The molecule has 2 heterocycles. The minimum Gasteiger partial charge on any atom is -0.508 e. The quantitative estimate of drug-likeness (QED) is 0.840. The van der Waals surface area contributed by atoms with Gasteiger partial charge in [-0.2, -0.15) is 0 Å². The van der Waals surface area contributed by atoms with Gasteiger partial charge in [0, 0.05) is 18.6 Å². The zero-order valence-corrected chi connectivity index (χ0v) is 11.9. The molecule has 3 atom stereocenters. The molecule has 1 aromatic carbocycles. The molecule has 0 saturated carbocycles. The van der Waals surface area contributed by atoms with E-state index in [1.165, 1.54) is 37.9 Å². The van der Waals surface area contributed by atoms with E-state index in [4.69, 9.17) is 0 Å². The summed E-state index contributed by atoms with van der Waals surface area (Å²) < 4.78 is 0. The predicted molar refractivity (Wildman–Crippen MR) is 77.2 cm³/mol. The zero-order chi connectivity index (χ0) is 13.4. The Morgan fingerprint density at radius 1 is 1.16 bits per heavy atom. The Morgan fingerprint density at radius 2 is 2.00 bits per heavy atom. The third-order valence-electron chi connectivity index (χ3n) is 4.98. The van der Waals surface area contributed by atoms with Gasteiger partial charge in [-0.25, -0.2) is 0 Å². The molecular formula is C16H24N2O. The number of hydrogen-bond acceptors (Lipinski definition) is 3. The van der Waals surface area contributed by atoms with E-state index < -0.39 is 0 Å². The van der Waals surface area contributed by atoms with Crippen LogP contribution in [0.25, 0.3) is 0 Å². The Labute approximate surface area is 115 Å². The van der Waals surface area contributed by atoms with Crippen LogP contribution in [0.4, 0.5) is 0 Å². The van der Waals surface area contributed by atoms with Crippen molar-refractivity contribution in [3.8, 4) is 5.75 Å². The first-order valence-corrected chi connectivity index (χ1v) is 7.34.